The zero-order valence-electron chi connectivity index (χ0n) is 19.3. The van der Waals surface area contributed by atoms with Crippen LogP contribution in [0, 0.1) is 11.3 Å². The first-order chi connectivity index (χ1) is 16.7. The monoisotopic (exact) mass is 456 g/mol. The van der Waals surface area contributed by atoms with Gasteiger partial charge in [0.05, 0.1) is 18.2 Å². The highest BCUT2D eigenvalue weighted by Gasteiger charge is 2.22. The number of aromatic nitrogens is 1. The molecule has 2 aromatic carbocycles. The number of nitriles is 1. The van der Waals surface area contributed by atoms with Crippen LogP contribution < -0.4 is 14.4 Å². The van der Waals surface area contributed by atoms with Crippen molar-refractivity contribution in [2.75, 3.05) is 37.7 Å². The number of nitrogens with zero attached hydrogens (tertiary/aromatic N) is 4. The van der Waals surface area contributed by atoms with Crippen molar-refractivity contribution in [3.05, 3.63) is 83.7 Å². The second kappa shape index (κ2) is 11.2. The van der Waals surface area contributed by atoms with Gasteiger partial charge in [-0.05, 0) is 73.5 Å². The molecule has 3 aromatic rings. The molecule has 7 nitrogen and oxygen atoms in total. The zero-order valence-corrected chi connectivity index (χ0v) is 19.3. The lowest BCUT2D eigenvalue weighted by atomic mass is 10.1. The summed E-state index contributed by atoms with van der Waals surface area (Å²) in [6.45, 7) is 5.71. The van der Waals surface area contributed by atoms with Gasteiger partial charge in [-0.2, -0.15) is 5.26 Å². The van der Waals surface area contributed by atoms with Crippen LogP contribution in [0.4, 0.5) is 5.69 Å². The van der Waals surface area contributed by atoms with Crippen LogP contribution in [0.1, 0.15) is 34.8 Å². The van der Waals surface area contributed by atoms with Gasteiger partial charge >= 0.3 is 0 Å². The largest absolute Gasteiger partial charge is 0.490 e. The fraction of sp³-hybridized carbons (Fsp3) is 0.296. The summed E-state index contributed by atoms with van der Waals surface area (Å²) in [5.41, 5.74) is 3.32. The molecule has 1 aliphatic heterocycles. The SMILES string of the molecule is CCOc1cc(C(=O)N2CCCN(c3ccc(C#N)cc3)CC2)ccc1OCc1ccncc1. The highest BCUT2D eigenvalue weighted by molar-refractivity contribution is 5.95. The van der Waals surface area contributed by atoms with Crippen molar-refractivity contribution in [2.45, 2.75) is 20.0 Å². The second-order valence-corrected chi connectivity index (χ2v) is 8.03. The van der Waals surface area contributed by atoms with E-state index < -0.39 is 0 Å². The second-order valence-electron chi connectivity index (χ2n) is 8.03. The summed E-state index contributed by atoms with van der Waals surface area (Å²) in [6, 6.07) is 18.9. The van der Waals surface area contributed by atoms with Gasteiger partial charge < -0.3 is 19.3 Å². The van der Waals surface area contributed by atoms with Crippen LogP contribution in [0.2, 0.25) is 0 Å². The van der Waals surface area contributed by atoms with E-state index >= 15 is 0 Å². The van der Waals surface area contributed by atoms with Gasteiger partial charge in [0.15, 0.2) is 11.5 Å². The number of hydrogen-bond acceptors (Lipinski definition) is 6. The molecule has 0 radical (unpaired) electrons. The van der Waals surface area contributed by atoms with E-state index in [-0.39, 0.29) is 5.91 Å². The first-order valence-electron chi connectivity index (χ1n) is 11.5. The normalized spacial score (nSPS) is 13.6. The minimum Gasteiger partial charge on any atom is -0.490 e. The fourth-order valence-electron chi connectivity index (χ4n) is 3.98. The van der Waals surface area contributed by atoms with Gasteiger partial charge in [-0.1, -0.05) is 0 Å². The van der Waals surface area contributed by atoms with Gasteiger partial charge in [0, 0.05) is 49.8 Å². The number of ether oxygens (including phenoxy) is 2. The summed E-state index contributed by atoms with van der Waals surface area (Å²) in [5, 5.41) is 9.01. The van der Waals surface area contributed by atoms with E-state index in [4.69, 9.17) is 14.7 Å². The Labute approximate surface area is 200 Å². The van der Waals surface area contributed by atoms with E-state index in [9.17, 15) is 4.79 Å². The highest BCUT2D eigenvalue weighted by Crippen LogP contribution is 2.30. The number of carbonyl (C=O) groups excluding carboxylic acids is 1. The Morgan fingerprint density at radius 2 is 1.76 bits per heavy atom. The average molecular weight is 457 g/mol. The van der Waals surface area contributed by atoms with Crippen molar-refractivity contribution < 1.29 is 14.3 Å². The molecular weight excluding hydrogens is 428 g/mol. The Morgan fingerprint density at radius 1 is 0.971 bits per heavy atom. The third-order valence-electron chi connectivity index (χ3n) is 5.78. The molecule has 1 saturated heterocycles. The van der Waals surface area contributed by atoms with Crippen LogP contribution in [0.3, 0.4) is 0 Å². The quantitative estimate of drug-likeness (QED) is 0.528. The molecule has 0 bridgehead atoms. The molecular formula is C27H28N4O3. The Bertz CT molecular complexity index is 1140. The van der Waals surface area contributed by atoms with E-state index in [1.165, 1.54) is 0 Å². The van der Waals surface area contributed by atoms with Crippen molar-refractivity contribution >= 4 is 11.6 Å². The standard InChI is InChI=1S/C27H28N4O3/c1-2-33-26-18-23(6-9-25(26)34-20-22-10-12-29-13-11-22)27(32)31-15-3-14-30(16-17-31)24-7-4-21(19-28)5-8-24/h4-13,18H,2-3,14-17,20H2,1H3. The Hall–Kier alpha value is -4.05. The topological polar surface area (TPSA) is 78.7 Å². The number of hydrogen-bond donors (Lipinski definition) is 0. The third kappa shape index (κ3) is 5.65. The van der Waals surface area contributed by atoms with E-state index in [0.29, 0.717) is 48.9 Å². The number of rotatable bonds is 7. The van der Waals surface area contributed by atoms with Crippen molar-refractivity contribution in [1.82, 2.24) is 9.88 Å². The highest BCUT2D eigenvalue weighted by atomic mass is 16.5. The lowest BCUT2D eigenvalue weighted by Crippen LogP contribution is -2.35. The zero-order chi connectivity index (χ0) is 23.8. The number of anilines is 1. The Morgan fingerprint density at radius 3 is 2.50 bits per heavy atom. The molecule has 0 N–H and O–H groups in total. The molecule has 1 aromatic heterocycles. The van der Waals surface area contributed by atoms with Gasteiger partial charge in [0.25, 0.3) is 5.91 Å². The maximum absolute atomic E-state index is 13.3. The van der Waals surface area contributed by atoms with Crippen molar-refractivity contribution in [2.24, 2.45) is 0 Å². The molecule has 174 valence electrons. The maximum Gasteiger partial charge on any atom is 0.254 e. The number of amides is 1. The summed E-state index contributed by atoms with van der Waals surface area (Å²) in [5.74, 6) is 1.16. The van der Waals surface area contributed by atoms with E-state index in [0.717, 1.165) is 30.8 Å². The van der Waals surface area contributed by atoms with Gasteiger partial charge in [-0.3, -0.25) is 9.78 Å². The van der Waals surface area contributed by atoms with Crippen LogP contribution >= 0.6 is 0 Å². The molecule has 0 aliphatic carbocycles. The van der Waals surface area contributed by atoms with Gasteiger partial charge in [-0.15, -0.1) is 0 Å². The predicted molar refractivity (Wildman–Crippen MR) is 130 cm³/mol. The van der Waals surface area contributed by atoms with Crippen molar-refractivity contribution in [1.29, 1.82) is 5.26 Å². The van der Waals surface area contributed by atoms with Crippen LogP contribution in [0.25, 0.3) is 0 Å². The molecule has 0 atom stereocenters. The number of benzene rings is 2. The van der Waals surface area contributed by atoms with Gasteiger partial charge in [-0.25, -0.2) is 0 Å². The first-order valence-corrected chi connectivity index (χ1v) is 11.5. The summed E-state index contributed by atoms with van der Waals surface area (Å²) in [4.78, 5) is 21.5. The van der Waals surface area contributed by atoms with Crippen molar-refractivity contribution in [3.63, 3.8) is 0 Å². The molecule has 1 amide bonds. The maximum atomic E-state index is 13.3. The van der Waals surface area contributed by atoms with Crippen LogP contribution in [0.15, 0.2) is 67.0 Å². The lowest BCUT2D eigenvalue weighted by Gasteiger charge is -2.24. The molecule has 1 fully saturated rings. The summed E-state index contributed by atoms with van der Waals surface area (Å²) >= 11 is 0. The molecule has 2 heterocycles. The summed E-state index contributed by atoms with van der Waals surface area (Å²) in [6.07, 6.45) is 4.33. The molecule has 7 heteroatoms. The van der Waals surface area contributed by atoms with Crippen LogP contribution in [-0.4, -0.2) is 48.6 Å². The fourth-order valence-corrected chi connectivity index (χ4v) is 3.98. The van der Waals surface area contributed by atoms with Crippen LogP contribution in [-0.2, 0) is 6.61 Å². The van der Waals surface area contributed by atoms with Crippen LogP contribution in [0.5, 0.6) is 11.5 Å². The first kappa shape index (κ1) is 23.1. The van der Waals surface area contributed by atoms with Gasteiger partial charge in [0.1, 0.15) is 6.61 Å². The molecule has 4 rings (SSSR count). The average Bonchev–Trinajstić information content (AvgIpc) is 3.15. The van der Waals surface area contributed by atoms with Crippen molar-refractivity contribution in [3.8, 4) is 17.6 Å². The number of pyridine rings is 1. The Balaban J connectivity index is 1.43. The van der Waals surface area contributed by atoms with E-state index in [1.54, 1.807) is 30.6 Å². The summed E-state index contributed by atoms with van der Waals surface area (Å²) in [7, 11) is 0. The van der Waals surface area contributed by atoms with Gasteiger partial charge in [0.2, 0.25) is 0 Å². The predicted octanol–water partition coefficient (Wildman–Crippen LogP) is 4.28. The molecule has 34 heavy (non-hydrogen) atoms. The minimum atomic E-state index is -0.0108. The van der Waals surface area contributed by atoms with E-state index in [1.807, 2.05) is 48.2 Å². The third-order valence-corrected chi connectivity index (χ3v) is 5.78. The molecule has 0 unspecified atom stereocenters. The molecule has 0 spiro atoms. The summed E-state index contributed by atoms with van der Waals surface area (Å²) < 4.78 is 11.7. The minimum absolute atomic E-state index is 0.0108. The number of carbonyl (C=O) groups is 1. The Kier molecular flexibility index (Phi) is 7.61. The molecule has 0 saturated carbocycles. The lowest BCUT2D eigenvalue weighted by molar-refractivity contribution is 0.0766. The molecule has 1 aliphatic rings. The smallest absolute Gasteiger partial charge is 0.254 e. The van der Waals surface area contributed by atoms with E-state index in [2.05, 4.69) is 16.0 Å².